The van der Waals surface area contributed by atoms with Gasteiger partial charge in [-0.25, -0.2) is 8.51 Å². The predicted molar refractivity (Wildman–Crippen MR) is 71.8 cm³/mol. The topological polar surface area (TPSA) is 50.8 Å². The lowest BCUT2D eigenvalue weighted by atomic mass is 10.1. The molecule has 2 fully saturated rings. The Hall–Kier alpha value is -0.0100. The molecule has 2 saturated heterocycles. The van der Waals surface area contributed by atoms with Crippen LogP contribution in [-0.2, 0) is 20.5 Å². The maximum atomic E-state index is 12.2. The van der Waals surface area contributed by atoms with Crippen LogP contribution in [0.5, 0.6) is 0 Å². The molecule has 2 heterocycles. The largest absolute Gasteiger partial charge is 0.379 e. The van der Waals surface area contributed by atoms with Gasteiger partial charge in [-0.05, 0) is 20.8 Å². The summed E-state index contributed by atoms with van der Waals surface area (Å²) >= 11 is 0. The second-order valence-corrected chi connectivity index (χ2v) is 7.68. The molecule has 0 aromatic carbocycles. The standard InChI is InChI=1S/C12H24N2O3S/c1-12(2,3)13-6-10-7-14(4-5-17-10)18(15)11-8-16-9-11/h10-11,13H,4-9H2,1-3H3/t10-,18?/m1/s1. The number of rotatable bonds is 4. The zero-order chi connectivity index (χ0) is 13.2. The van der Waals surface area contributed by atoms with Crippen LogP contribution in [0.4, 0.5) is 0 Å². The molecule has 0 aliphatic carbocycles. The van der Waals surface area contributed by atoms with Crippen molar-refractivity contribution in [3.05, 3.63) is 0 Å². The van der Waals surface area contributed by atoms with Gasteiger partial charge in [0, 0.05) is 25.2 Å². The number of hydrogen-bond acceptors (Lipinski definition) is 4. The van der Waals surface area contributed by atoms with E-state index in [4.69, 9.17) is 9.47 Å². The van der Waals surface area contributed by atoms with Crippen LogP contribution in [0.25, 0.3) is 0 Å². The molecule has 2 aliphatic rings. The van der Waals surface area contributed by atoms with Gasteiger partial charge in [0.1, 0.15) is 11.0 Å². The minimum Gasteiger partial charge on any atom is -0.379 e. The van der Waals surface area contributed by atoms with Crippen molar-refractivity contribution < 1.29 is 13.7 Å². The smallest absolute Gasteiger partial charge is 0.102 e. The molecular weight excluding hydrogens is 252 g/mol. The molecule has 0 amide bonds. The molecule has 6 heteroatoms. The third-order valence-electron chi connectivity index (χ3n) is 3.11. The second-order valence-electron chi connectivity index (χ2n) is 5.95. The van der Waals surface area contributed by atoms with Crippen LogP contribution in [0.1, 0.15) is 20.8 Å². The first-order valence-electron chi connectivity index (χ1n) is 6.56. The van der Waals surface area contributed by atoms with Crippen molar-refractivity contribution in [1.82, 2.24) is 9.62 Å². The van der Waals surface area contributed by atoms with E-state index in [2.05, 4.69) is 26.1 Å². The average molecular weight is 276 g/mol. The van der Waals surface area contributed by atoms with Gasteiger partial charge in [-0.1, -0.05) is 0 Å². The Morgan fingerprint density at radius 3 is 2.67 bits per heavy atom. The molecule has 0 spiro atoms. The van der Waals surface area contributed by atoms with E-state index in [-0.39, 0.29) is 16.9 Å². The van der Waals surface area contributed by atoms with Gasteiger partial charge in [-0.3, -0.25) is 0 Å². The van der Waals surface area contributed by atoms with Gasteiger partial charge in [0.15, 0.2) is 0 Å². The van der Waals surface area contributed by atoms with Gasteiger partial charge in [0.25, 0.3) is 0 Å². The lowest BCUT2D eigenvalue weighted by Gasteiger charge is -2.37. The Bertz CT molecular complexity index is 302. The average Bonchev–Trinajstić information content (AvgIpc) is 2.23. The first kappa shape index (κ1) is 14.4. The molecule has 2 rings (SSSR count). The number of morpholine rings is 1. The molecular formula is C12H24N2O3S. The first-order chi connectivity index (χ1) is 8.46. The van der Waals surface area contributed by atoms with E-state index in [0.29, 0.717) is 19.8 Å². The number of hydrogen-bond donors (Lipinski definition) is 1. The summed E-state index contributed by atoms with van der Waals surface area (Å²) in [5.74, 6) is 0. The molecule has 18 heavy (non-hydrogen) atoms. The summed E-state index contributed by atoms with van der Waals surface area (Å²) < 4.78 is 25.1. The van der Waals surface area contributed by atoms with E-state index in [1.165, 1.54) is 0 Å². The van der Waals surface area contributed by atoms with E-state index >= 15 is 0 Å². The van der Waals surface area contributed by atoms with E-state index in [1.54, 1.807) is 0 Å². The highest BCUT2D eigenvalue weighted by molar-refractivity contribution is 7.83. The Morgan fingerprint density at radius 2 is 2.11 bits per heavy atom. The van der Waals surface area contributed by atoms with Gasteiger partial charge in [-0.2, -0.15) is 0 Å². The third kappa shape index (κ3) is 3.99. The van der Waals surface area contributed by atoms with Crippen molar-refractivity contribution in [3.63, 3.8) is 0 Å². The summed E-state index contributed by atoms with van der Waals surface area (Å²) in [4.78, 5) is 0. The Morgan fingerprint density at radius 1 is 1.39 bits per heavy atom. The Kier molecular flexibility index (Phi) is 4.77. The quantitative estimate of drug-likeness (QED) is 0.793. The zero-order valence-corrected chi connectivity index (χ0v) is 12.3. The minimum absolute atomic E-state index is 0.0899. The maximum absolute atomic E-state index is 12.2. The molecule has 1 N–H and O–H groups in total. The molecule has 0 bridgehead atoms. The fourth-order valence-electron chi connectivity index (χ4n) is 1.94. The molecule has 0 saturated carbocycles. The van der Waals surface area contributed by atoms with Gasteiger partial charge in [-0.15, -0.1) is 0 Å². The number of nitrogens with one attached hydrogen (secondary N) is 1. The van der Waals surface area contributed by atoms with Crippen molar-refractivity contribution in [3.8, 4) is 0 Å². The molecule has 2 aliphatic heterocycles. The van der Waals surface area contributed by atoms with E-state index in [9.17, 15) is 4.21 Å². The van der Waals surface area contributed by atoms with E-state index < -0.39 is 11.0 Å². The van der Waals surface area contributed by atoms with Gasteiger partial charge < -0.3 is 14.8 Å². The Balaban J connectivity index is 1.78. The summed E-state index contributed by atoms with van der Waals surface area (Å²) in [7, 11) is -0.909. The van der Waals surface area contributed by atoms with E-state index in [0.717, 1.165) is 19.6 Å². The van der Waals surface area contributed by atoms with Crippen molar-refractivity contribution in [2.24, 2.45) is 0 Å². The number of nitrogens with zero attached hydrogens (tertiary/aromatic N) is 1. The molecule has 0 aromatic heterocycles. The molecule has 1 unspecified atom stereocenters. The van der Waals surface area contributed by atoms with Crippen LogP contribution in [0, 0.1) is 0 Å². The van der Waals surface area contributed by atoms with Crippen molar-refractivity contribution in [1.29, 1.82) is 0 Å². The lowest BCUT2D eigenvalue weighted by Crippen LogP contribution is -2.53. The van der Waals surface area contributed by atoms with Crippen LogP contribution < -0.4 is 5.32 Å². The monoisotopic (exact) mass is 276 g/mol. The highest BCUT2D eigenvalue weighted by Crippen LogP contribution is 2.16. The van der Waals surface area contributed by atoms with Crippen LogP contribution >= 0.6 is 0 Å². The first-order valence-corrected chi connectivity index (χ1v) is 7.73. The molecule has 0 aromatic rings. The van der Waals surface area contributed by atoms with Gasteiger partial charge in [0.2, 0.25) is 0 Å². The maximum Gasteiger partial charge on any atom is 0.102 e. The normalized spacial score (nSPS) is 28.9. The fourth-order valence-corrected chi connectivity index (χ4v) is 3.36. The van der Waals surface area contributed by atoms with Crippen molar-refractivity contribution in [2.45, 2.75) is 37.7 Å². The SMILES string of the molecule is CC(C)(C)NC[C@@H]1CN(S(=O)C2COC2)CCO1. The molecule has 106 valence electrons. The minimum atomic E-state index is -0.909. The second kappa shape index (κ2) is 5.96. The van der Waals surface area contributed by atoms with Crippen LogP contribution in [0.15, 0.2) is 0 Å². The summed E-state index contributed by atoms with van der Waals surface area (Å²) in [5.41, 5.74) is 0.0899. The van der Waals surface area contributed by atoms with Gasteiger partial charge >= 0.3 is 0 Å². The van der Waals surface area contributed by atoms with Crippen LogP contribution in [0.3, 0.4) is 0 Å². The lowest BCUT2D eigenvalue weighted by molar-refractivity contribution is -0.00493. The van der Waals surface area contributed by atoms with Crippen molar-refractivity contribution >= 4 is 11.0 Å². The fraction of sp³-hybridized carbons (Fsp3) is 1.00. The highest BCUT2D eigenvalue weighted by Gasteiger charge is 2.33. The summed E-state index contributed by atoms with van der Waals surface area (Å²) in [6.07, 6.45) is 0.128. The summed E-state index contributed by atoms with van der Waals surface area (Å²) in [6, 6.07) is 0. The number of ether oxygens (including phenoxy) is 2. The highest BCUT2D eigenvalue weighted by atomic mass is 32.2. The predicted octanol–water partition coefficient (Wildman–Crippen LogP) is 0.138. The zero-order valence-electron chi connectivity index (χ0n) is 11.5. The van der Waals surface area contributed by atoms with E-state index in [1.807, 2.05) is 4.31 Å². The molecule has 5 nitrogen and oxygen atoms in total. The van der Waals surface area contributed by atoms with Gasteiger partial charge in [0.05, 0.1) is 31.2 Å². The van der Waals surface area contributed by atoms with Crippen LogP contribution in [0.2, 0.25) is 0 Å². The molecule has 2 atom stereocenters. The summed E-state index contributed by atoms with van der Waals surface area (Å²) in [6.45, 7) is 10.6. The summed E-state index contributed by atoms with van der Waals surface area (Å²) in [5, 5.41) is 3.63. The third-order valence-corrected chi connectivity index (χ3v) is 4.79. The van der Waals surface area contributed by atoms with Crippen molar-refractivity contribution in [2.75, 3.05) is 39.5 Å². The molecule has 0 radical (unpaired) electrons. The van der Waals surface area contributed by atoms with Crippen LogP contribution in [-0.4, -0.2) is 64.9 Å². The Labute approximate surface area is 112 Å².